The molecule has 1 heterocycles. The largest absolute Gasteiger partial charge is 0.548 e. The first-order valence-electron chi connectivity index (χ1n) is 8.58. The van der Waals surface area contributed by atoms with Crippen LogP contribution >= 0.6 is 0 Å². The molecule has 0 radical (unpaired) electrons. The Hall–Kier alpha value is -1.14. The van der Waals surface area contributed by atoms with Crippen LogP contribution in [0.25, 0.3) is 0 Å². The Labute approximate surface area is 133 Å². The lowest BCUT2D eigenvalue weighted by molar-refractivity contribution is -1.03. The molecule has 6 heteroatoms. The van der Waals surface area contributed by atoms with E-state index in [0.29, 0.717) is 6.54 Å². The average molecular weight is 314 g/mol. The molecule has 128 valence electrons. The number of carbonyl (C=O) groups excluding carboxylic acids is 2. The third-order valence-corrected chi connectivity index (χ3v) is 4.50. The van der Waals surface area contributed by atoms with Crippen LogP contribution in [0.3, 0.4) is 0 Å². The fourth-order valence-electron chi connectivity index (χ4n) is 2.97. The molecule has 1 fully saturated rings. The molecule has 0 aromatic carbocycles. The zero-order valence-electron chi connectivity index (χ0n) is 13.9. The number of nitrogens with zero attached hydrogens (tertiary/aromatic N) is 2. The maximum absolute atomic E-state index is 12.2. The van der Waals surface area contributed by atoms with Gasteiger partial charge in [0.2, 0.25) is 0 Å². The van der Waals surface area contributed by atoms with Crippen LogP contribution < -0.4 is 5.11 Å². The molecule has 0 spiro atoms. The van der Waals surface area contributed by atoms with Gasteiger partial charge in [0.25, 0.3) is 0 Å². The van der Waals surface area contributed by atoms with Crippen molar-refractivity contribution < 1.29 is 24.5 Å². The van der Waals surface area contributed by atoms with E-state index >= 15 is 0 Å². The molecule has 2 atom stereocenters. The van der Waals surface area contributed by atoms with Crippen LogP contribution in [0, 0.1) is 0 Å². The summed E-state index contributed by atoms with van der Waals surface area (Å²) >= 11 is 0. The summed E-state index contributed by atoms with van der Waals surface area (Å²) in [4.78, 5) is 24.6. The van der Waals surface area contributed by atoms with Gasteiger partial charge in [-0.15, -0.1) is 0 Å². The van der Waals surface area contributed by atoms with Crippen LogP contribution in [-0.2, 0) is 4.79 Å². The normalized spacial score (nSPS) is 25.0. The van der Waals surface area contributed by atoms with Gasteiger partial charge in [-0.1, -0.05) is 56.5 Å². The van der Waals surface area contributed by atoms with E-state index in [1.807, 2.05) is 0 Å². The summed E-state index contributed by atoms with van der Waals surface area (Å²) in [5.41, 5.74) is 0. The second-order valence-corrected chi connectivity index (χ2v) is 6.21. The van der Waals surface area contributed by atoms with Gasteiger partial charge in [-0.25, -0.2) is 10.0 Å². The molecule has 1 rings (SSSR count). The maximum atomic E-state index is 12.2. The predicted octanol–water partition coefficient (Wildman–Crippen LogP) is 1.91. The van der Waals surface area contributed by atoms with E-state index in [0.717, 1.165) is 19.3 Å². The van der Waals surface area contributed by atoms with Gasteiger partial charge in [-0.2, -0.15) is 0 Å². The minimum atomic E-state index is -1.28. The van der Waals surface area contributed by atoms with E-state index in [4.69, 9.17) is 0 Å². The van der Waals surface area contributed by atoms with Gasteiger partial charge in [0, 0.05) is 6.54 Å². The van der Waals surface area contributed by atoms with Gasteiger partial charge in [0.1, 0.15) is 19.1 Å². The van der Waals surface area contributed by atoms with E-state index < -0.39 is 22.7 Å². The van der Waals surface area contributed by atoms with Crippen molar-refractivity contribution >= 4 is 12.0 Å². The lowest BCUT2D eigenvalue weighted by Gasteiger charge is -2.21. The number of hydrogen-bond donors (Lipinski definition) is 1. The number of rotatable bonds is 11. The Kier molecular flexibility index (Phi) is 7.82. The van der Waals surface area contributed by atoms with Crippen molar-refractivity contribution in [3.8, 4) is 0 Å². The summed E-state index contributed by atoms with van der Waals surface area (Å²) in [6, 6.07) is -1.53. The van der Waals surface area contributed by atoms with Crippen molar-refractivity contribution in [2.24, 2.45) is 0 Å². The number of unbranched alkanes of at least 4 members (excludes halogenated alkanes) is 7. The first kappa shape index (κ1) is 18.9. The molecule has 1 N–H and O–H groups in total. The minimum Gasteiger partial charge on any atom is -0.548 e. The second kappa shape index (κ2) is 9.10. The summed E-state index contributed by atoms with van der Waals surface area (Å²) in [6.07, 6.45) is 9.07. The molecule has 0 aromatic rings. The fourth-order valence-corrected chi connectivity index (χ4v) is 2.97. The maximum Gasteiger partial charge on any atom is 0.452 e. The molecule has 0 saturated carbocycles. The highest BCUT2D eigenvalue weighted by atomic mass is 16.6. The second-order valence-electron chi connectivity index (χ2n) is 6.21. The molecule has 1 aliphatic rings. The van der Waals surface area contributed by atoms with Gasteiger partial charge < -0.3 is 9.90 Å². The Bertz CT molecular complexity index is 375. The molecule has 0 bridgehead atoms. The standard InChI is InChI=1S/C16H30N2O4/c1-3-5-6-7-8-9-10-11-12-17-14(15(19)20)13-18(22,4-2)16(17)21/h14,22H,3-13H2,1-2H3. The molecular weight excluding hydrogens is 284 g/mol. The lowest BCUT2D eigenvalue weighted by Crippen LogP contribution is -2.48. The van der Waals surface area contributed by atoms with Crippen LogP contribution in [0.1, 0.15) is 65.2 Å². The SMILES string of the molecule is CCCCCCCCCCN1C(=O)[N+](O)(CC)CC1C(=O)[O-]. The van der Waals surface area contributed by atoms with Gasteiger partial charge in [0.15, 0.2) is 0 Å². The number of urea groups is 1. The number of carbonyl (C=O) groups is 2. The first-order valence-corrected chi connectivity index (χ1v) is 8.58. The number of carboxylic acids is 1. The Balaban J connectivity index is 2.33. The van der Waals surface area contributed by atoms with Gasteiger partial charge in [-0.3, -0.25) is 4.90 Å². The number of hydroxylamine groups is 3. The van der Waals surface area contributed by atoms with Crippen molar-refractivity contribution in [1.82, 2.24) is 4.90 Å². The molecule has 1 saturated heterocycles. The number of likely N-dealkylation sites (N-methyl/N-ethyl adjacent to an activating group) is 1. The van der Waals surface area contributed by atoms with E-state index in [2.05, 4.69) is 6.92 Å². The highest BCUT2D eigenvalue weighted by molar-refractivity contribution is 5.81. The molecular formula is C16H30N2O4. The van der Waals surface area contributed by atoms with E-state index in [-0.39, 0.29) is 13.1 Å². The first-order chi connectivity index (χ1) is 10.5. The van der Waals surface area contributed by atoms with E-state index in [1.165, 1.54) is 37.0 Å². The third kappa shape index (κ3) is 4.95. The van der Waals surface area contributed by atoms with Crippen LogP contribution in [0.5, 0.6) is 0 Å². The van der Waals surface area contributed by atoms with E-state index in [9.17, 15) is 19.9 Å². The van der Waals surface area contributed by atoms with Crippen LogP contribution in [-0.4, -0.2) is 52.4 Å². The average Bonchev–Trinajstić information content (AvgIpc) is 2.75. The van der Waals surface area contributed by atoms with Crippen molar-refractivity contribution in [3.05, 3.63) is 0 Å². The topological polar surface area (TPSA) is 80.7 Å². The summed E-state index contributed by atoms with van der Waals surface area (Å²) < 4.78 is -0.824. The van der Waals surface area contributed by atoms with Crippen LogP contribution in [0.4, 0.5) is 4.79 Å². The zero-order chi connectivity index (χ0) is 16.6. The smallest absolute Gasteiger partial charge is 0.452 e. The molecule has 2 unspecified atom stereocenters. The van der Waals surface area contributed by atoms with Crippen molar-refractivity contribution in [2.75, 3.05) is 19.6 Å². The molecule has 0 aliphatic carbocycles. The molecule has 22 heavy (non-hydrogen) atoms. The van der Waals surface area contributed by atoms with Gasteiger partial charge in [-0.05, 0) is 13.3 Å². The predicted molar refractivity (Wildman–Crippen MR) is 81.0 cm³/mol. The molecule has 2 amide bonds. The monoisotopic (exact) mass is 314 g/mol. The van der Waals surface area contributed by atoms with Crippen molar-refractivity contribution in [2.45, 2.75) is 71.3 Å². The number of hydrogen-bond acceptors (Lipinski definition) is 4. The quantitative estimate of drug-likeness (QED) is 0.359. The lowest BCUT2D eigenvalue weighted by atomic mass is 10.1. The van der Waals surface area contributed by atoms with E-state index in [1.54, 1.807) is 6.92 Å². The fraction of sp³-hybridized carbons (Fsp3) is 0.875. The number of carboxylic acid groups (broad SMARTS) is 1. The number of aliphatic carboxylic acids is 1. The highest BCUT2D eigenvalue weighted by Crippen LogP contribution is 2.22. The van der Waals surface area contributed by atoms with Gasteiger partial charge >= 0.3 is 6.03 Å². The van der Waals surface area contributed by atoms with Crippen molar-refractivity contribution in [3.63, 3.8) is 0 Å². The molecule has 6 nitrogen and oxygen atoms in total. The van der Waals surface area contributed by atoms with Gasteiger partial charge in [0.05, 0.1) is 5.97 Å². The van der Waals surface area contributed by atoms with Crippen LogP contribution in [0.2, 0.25) is 0 Å². The highest BCUT2D eigenvalue weighted by Gasteiger charge is 2.51. The minimum absolute atomic E-state index is 0.116. The molecule has 0 aromatic heterocycles. The summed E-state index contributed by atoms with van der Waals surface area (Å²) in [6.45, 7) is 4.30. The Morgan fingerprint density at radius 2 is 1.73 bits per heavy atom. The zero-order valence-corrected chi connectivity index (χ0v) is 13.9. The van der Waals surface area contributed by atoms with Crippen molar-refractivity contribution in [1.29, 1.82) is 0 Å². The number of amides is 2. The summed E-state index contributed by atoms with van der Waals surface area (Å²) in [7, 11) is 0. The Morgan fingerprint density at radius 3 is 2.23 bits per heavy atom. The summed E-state index contributed by atoms with van der Waals surface area (Å²) in [5.74, 6) is -1.28. The van der Waals surface area contributed by atoms with Crippen LogP contribution in [0.15, 0.2) is 0 Å². The molecule has 1 aliphatic heterocycles. The number of quaternary nitrogens is 1. The summed E-state index contributed by atoms with van der Waals surface area (Å²) in [5, 5.41) is 21.3. The third-order valence-electron chi connectivity index (χ3n) is 4.50. The Morgan fingerprint density at radius 1 is 1.18 bits per heavy atom.